The Labute approximate surface area is 472 Å². The van der Waals surface area contributed by atoms with E-state index in [4.69, 9.17) is 70.2 Å². The van der Waals surface area contributed by atoms with E-state index < -0.39 is 5.97 Å². The minimum atomic E-state index is -0.812. The van der Waals surface area contributed by atoms with E-state index in [1.807, 2.05) is 78.9 Å². The Balaban J connectivity index is 0.000000186. The van der Waals surface area contributed by atoms with Gasteiger partial charge in [0.15, 0.2) is 32.1 Å². The van der Waals surface area contributed by atoms with Gasteiger partial charge in [0.1, 0.15) is 6.52 Å². The molecule has 78 heavy (non-hydrogen) atoms. The lowest BCUT2D eigenvalue weighted by atomic mass is 10.1. The number of nitrogens with two attached hydrogens (primary N) is 3. The van der Waals surface area contributed by atoms with Crippen molar-refractivity contribution in [2.75, 3.05) is 0 Å². The Hall–Kier alpha value is -8.49. The topological polar surface area (TPSA) is 304 Å². The second kappa shape index (κ2) is 32.2. The van der Waals surface area contributed by atoms with Gasteiger partial charge in [-0.25, -0.2) is 0 Å². The molecule has 11 aromatic rings. The first-order valence-electron chi connectivity index (χ1n) is 23.2. The summed E-state index contributed by atoms with van der Waals surface area (Å²) < 4.78 is 7.41. The number of pyridine rings is 3. The van der Waals surface area contributed by atoms with Crippen LogP contribution in [0, 0.1) is 12.8 Å². The second-order valence-electron chi connectivity index (χ2n) is 15.4. The number of nitrogens with one attached hydrogen (secondary N) is 1. The number of terminal acetylenes is 1. The number of aromatic nitrogens is 13. The number of hydrogen-bond acceptors (Lipinski definition) is 17. The lowest BCUT2D eigenvalue weighted by Gasteiger charge is -2.05. The van der Waals surface area contributed by atoms with Crippen LogP contribution in [0.25, 0.3) is 38.4 Å². The fourth-order valence-corrected chi connectivity index (χ4v) is 7.15. The molecule has 0 spiro atoms. The van der Waals surface area contributed by atoms with Gasteiger partial charge in [0.2, 0.25) is 5.91 Å². The summed E-state index contributed by atoms with van der Waals surface area (Å²) in [5, 5.41) is 50.8. The van der Waals surface area contributed by atoms with Crippen LogP contribution in [0.15, 0.2) is 158 Å². The van der Waals surface area contributed by atoms with E-state index >= 15 is 0 Å². The molecule has 8 heterocycles. The molecule has 0 saturated carbocycles. The maximum Gasteiger partial charge on any atom is 0.307 e. The quantitative estimate of drug-likeness (QED) is 0.0512. The highest BCUT2D eigenvalue weighted by Crippen LogP contribution is 2.18. The molecule has 0 fully saturated rings. The Morgan fingerprint density at radius 1 is 0.551 bits per heavy atom. The number of hydrazine groups is 1. The van der Waals surface area contributed by atoms with Crippen LogP contribution in [0.2, 0.25) is 25.8 Å². The molecule has 0 unspecified atom stereocenters. The Morgan fingerprint density at radius 2 is 0.987 bits per heavy atom. The average Bonchev–Trinajstić information content (AvgIpc) is 3.88. The Morgan fingerprint density at radius 3 is 1.45 bits per heavy atom. The van der Waals surface area contributed by atoms with Crippen molar-refractivity contribution in [3.05, 3.63) is 218 Å². The summed E-state index contributed by atoms with van der Waals surface area (Å²) in [4.78, 5) is 35.2. The van der Waals surface area contributed by atoms with Crippen LogP contribution in [0.5, 0.6) is 0 Å². The highest BCUT2D eigenvalue weighted by Gasteiger charge is 2.10. The van der Waals surface area contributed by atoms with Crippen LogP contribution in [0.3, 0.4) is 0 Å². The van der Waals surface area contributed by atoms with Gasteiger partial charge in [0, 0.05) is 47.7 Å². The summed E-state index contributed by atoms with van der Waals surface area (Å²) in [5.41, 5.74) is 13.0. The van der Waals surface area contributed by atoms with Crippen molar-refractivity contribution in [2.45, 2.75) is 32.4 Å². The number of rotatable bonds is 9. The van der Waals surface area contributed by atoms with Crippen LogP contribution in [0.1, 0.15) is 35.3 Å². The maximum atomic E-state index is 12.0. The predicted molar refractivity (Wildman–Crippen MR) is 303 cm³/mol. The number of fused-ring (bicyclic) bond motifs is 4. The van der Waals surface area contributed by atoms with E-state index in [1.54, 1.807) is 77.7 Å². The fourth-order valence-electron chi connectivity index (χ4n) is 6.61. The van der Waals surface area contributed by atoms with E-state index in [2.05, 4.69) is 90.3 Å². The SMILES string of the molecule is Clc1ccc(Cl)nn1.Clc1ccc2nnc(Cc3ccc4ncccc4c3)n2n1.NCc1ccc(Cl)nn1.NN.O=C(Cc1ccc2ncccc2c1)NCc1ccc(Cl)nn1.O=C(O)Cc1ccc2ncccc2c1.[2H]C#C. The van der Waals surface area contributed by atoms with Gasteiger partial charge in [0.25, 0.3) is 0 Å². The Kier molecular flexibility index (Phi) is 24.2. The normalized spacial score (nSPS) is 10.1. The average molecular weight is 1150 g/mol. The number of aliphatic carboxylic acids is 1. The first kappa shape index (κ1) is 58.8. The summed E-state index contributed by atoms with van der Waals surface area (Å²) in [6.45, 7) is 0.738. The highest BCUT2D eigenvalue weighted by atomic mass is 35.5. The maximum absolute atomic E-state index is 12.0. The molecule has 0 saturated heterocycles. The number of halogens is 5. The summed E-state index contributed by atoms with van der Waals surface area (Å²) in [7, 11) is 0. The Bertz CT molecular complexity index is 3710. The van der Waals surface area contributed by atoms with Crippen molar-refractivity contribution in [1.29, 1.82) is 0 Å². The number of nitrogens with zero attached hydrogens (tertiary/aromatic N) is 13. The van der Waals surface area contributed by atoms with E-state index in [1.165, 1.54) is 6.40 Å². The van der Waals surface area contributed by atoms with Gasteiger partial charge in [-0.2, -0.15) is 19.8 Å². The molecule has 0 aliphatic rings. The smallest absolute Gasteiger partial charge is 0.307 e. The summed E-state index contributed by atoms with van der Waals surface area (Å²) in [5.74, 6) is 7.88. The molecule has 3 aromatic carbocycles. The van der Waals surface area contributed by atoms with Crippen LogP contribution < -0.4 is 22.7 Å². The molecule has 0 radical (unpaired) electrons. The van der Waals surface area contributed by atoms with Gasteiger partial charge in [-0.1, -0.05) is 94.4 Å². The summed E-state index contributed by atoms with van der Waals surface area (Å²) >= 11 is 27.8. The van der Waals surface area contributed by atoms with Crippen molar-refractivity contribution >= 4 is 108 Å². The summed E-state index contributed by atoms with van der Waals surface area (Å²) in [6.07, 6.45) is 12.0. The van der Waals surface area contributed by atoms with Gasteiger partial charge in [-0.05, 0) is 120 Å². The van der Waals surface area contributed by atoms with Gasteiger partial charge in [-0.3, -0.25) is 36.2 Å². The molecule has 11 rings (SSSR count). The molecule has 396 valence electrons. The molecule has 20 nitrogen and oxygen atoms in total. The fraction of sp³-hybridized carbons (Fsp3) is 0.0943. The number of hydrogen-bond donors (Lipinski definition) is 5. The summed E-state index contributed by atoms with van der Waals surface area (Å²) in [6, 6.07) is 42.5. The molecule has 25 heteroatoms. The number of carbonyl (C=O) groups excluding carboxylic acids is 1. The van der Waals surface area contributed by atoms with Crippen molar-refractivity contribution < 1.29 is 16.1 Å². The monoisotopic (exact) mass is 1140 g/mol. The van der Waals surface area contributed by atoms with Gasteiger partial charge in [-0.15, -0.1) is 43.4 Å². The van der Waals surface area contributed by atoms with E-state index in [9.17, 15) is 9.59 Å². The zero-order chi connectivity index (χ0) is 56.9. The minimum absolute atomic E-state index is 0.0604. The zero-order valence-electron chi connectivity index (χ0n) is 41.8. The van der Waals surface area contributed by atoms with E-state index in [0.717, 1.165) is 60.9 Å². The van der Waals surface area contributed by atoms with Gasteiger partial charge >= 0.3 is 5.97 Å². The first-order valence-corrected chi connectivity index (χ1v) is 24.6. The van der Waals surface area contributed by atoms with E-state index in [0.29, 0.717) is 63.0 Å². The molecule has 0 aliphatic carbocycles. The number of carboxylic acids is 1. The highest BCUT2D eigenvalue weighted by molar-refractivity contribution is 6.31. The molecule has 0 atom stereocenters. The van der Waals surface area contributed by atoms with Gasteiger partial charge in [0.05, 0.1) is 47.3 Å². The molecule has 8 aromatic heterocycles. The third-order valence-electron chi connectivity index (χ3n) is 10.0. The second-order valence-corrected chi connectivity index (χ2v) is 17.3. The molecular weight excluding hydrogens is 1100 g/mol. The van der Waals surface area contributed by atoms with Crippen molar-refractivity contribution in [2.24, 2.45) is 17.4 Å². The van der Waals surface area contributed by atoms with Crippen LogP contribution in [-0.2, 0) is 41.9 Å². The molecule has 0 aliphatic heterocycles. The number of carboxylic acid groups (broad SMARTS) is 1. The number of carbonyl (C=O) groups is 2. The number of amides is 1. The molecule has 8 N–H and O–H groups in total. The van der Waals surface area contributed by atoms with Gasteiger partial charge < -0.3 is 16.2 Å². The van der Waals surface area contributed by atoms with Crippen molar-refractivity contribution in [3.63, 3.8) is 0 Å². The molecular formula is C53H46Cl5N17O3. The largest absolute Gasteiger partial charge is 0.481 e. The number of benzene rings is 3. The van der Waals surface area contributed by atoms with Crippen LogP contribution in [0.4, 0.5) is 0 Å². The van der Waals surface area contributed by atoms with Crippen molar-refractivity contribution in [1.82, 2.24) is 70.7 Å². The first-order chi connectivity index (χ1) is 38.3. The lowest BCUT2D eigenvalue weighted by Crippen LogP contribution is -2.25. The van der Waals surface area contributed by atoms with Crippen molar-refractivity contribution in [3.8, 4) is 12.8 Å². The third-order valence-corrected chi connectivity index (χ3v) is 11.0. The predicted octanol–water partition coefficient (Wildman–Crippen LogP) is 8.76. The van der Waals surface area contributed by atoms with Crippen LogP contribution in [-0.4, -0.2) is 82.3 Å². The van der Waals surface area contributed by atoms with E-state index in [-0.39, 0.29) is 12.3 Å². The molecule has 0 bridgehead atoms. The zero-order valence-corrected chi connectivity index (χ0v) is 44.6. The lowest BCUT2D eigenvalue weighted by molar-refractivity contribution is -0.136. The van der Waals surface area contributed by atoms with Crippen LogP contribution >= 0.6 is 58.0 Å². The third kappa shape index (κ3) is 19.9. The minimum Gasteiger partial charge on any atom is -0.481 e. The standard InChI is InChI=1S/C16H13ClN4O.C15H10ClN5.C11H9NO2.C5H6ClN3.C4H2Cl2N2.C2H2.H4N2/c17-15-6-4-13(20-21-15)10-19-16(22)9-11-3-5-14-12(8-11)2-1-7-18-14;16-13-5-6-14-18-19-15(21(14)20-13)9-10-3-4-12-11(8-10)2-1-7-17-12;13-11(14)7-8-3-4-10-9(6-8)2-1-5-12-10;6-5-2-1-4(3-7)8-9-5;5-3-1-2-4(6)8-7-3;2*1-2/h1-8H,9-10H2,(H,19,22);1-8H,9H2;1-6H,7H2,(H,13,14);1-2H,3,7H2;1-2H;1-2H;1-2H2/i;;;;;1D;. The molecule has 1 amide bonds.